The summed E-state index contributed by atoms with van der Waals surface area (Å²) in [6, 6.07) is 6.34. The molecular formula is C21H34N2O4S. The number of nitrogens with one attached hydrogen (secondary N) is 1. The molecule has 1 aliphatic heterocycles. The molecule has 1 N–H and O–H groups in total. The number of ether oxygens (including phenoxy) is 1. The average Bonchev–Trinajstić information content (AvgIpc) is 2.60. The number of carbonyl (C=O) groups excluding carboxylic acids is 1. The van der Waals surface area contributed by atoms with Crippen LogP contribution in [0, 0.1) is 5.92 Å². The summed E-state index contributed by atoms with van der Waals surface area (Å²) in [5.74, 6) is 0.410. The predicted molar refractivity (Wildman–Crippen MR) is 111 cm³/mol. The minimum absolute atomic E-state index is 0.0486. The van der Waals surface area contributed by atoms with Crippen LogP contribution >= 0.6 is 0 Å². The molecule has 1 amide bonds. The number of sulfonamides is 1. The van der Waals surface area contributed by atoms with Gasteiger partial charge in [0.1, 0.15) is 0 Å². The maximum Gasteiger partial charge on any atom is 0.251 e. The van der Waals surface area contributed by atoms with E-state index in [9.17, 15) is 13.2 Å². The van der Waals surface area contributed by atoms with Gasteiger partial charge in [0.25, 0.3) is 5.91 Å². The van der Waals surface area contributed by atoms with Crippen molar-refractivity contribution in [3.05, 3.63) is 29.8 Å². The van der Waals surface area contributed by atoms with Crippen molar-refractivity contribution in [1.29, 1.82) is 0 Å². The Hall–Kier alpha value is -1.44. The summed E-state index contributed by atoms with van der Waals surface area (Å²) in [4.78, 5) is 12.7. The van der Waals surface area contributed by atoms with Crippen molar-refractivity contribution in [2.45, 2.75) is 77.0 Å². The molecule has 1 aromatic carbocycles. The number of morpholine rings is 1. The van der Waals surface area contributed by atoms with E-state index < -0.39 is 10.0 Å². The number of hydrogen-bond donors (Lipinski definition) is 1. The van der Waals surface area contributed by atoms with E-state index >= 15 is 0 Å². The summed E-state index contributed by atoms with van der Waals surface area (Å²) >= 11 is 0. The average molecular weight is 411 g/mol. The molecule has 1 saturated heterocycles. The van der Waals surface area contributed by atoms with Gasteiger partial charge in [0.15, 0.2) is 0 Å². The third kappa shape index (κ3) is 6.29. The third-order valence-corrected chi connectivity index (χ3v) is 6.74. The Kier molecular flexibility index (Phi) is 8.04. The summed E-state index contributed by atoms with van der Waals surface area (Å²) in [7, 11) is -3.66. The minimum atomic E-state index is -3.66. The number of hydrogen-bond acceptors (Lipinski definition) is 4. The molecule has 28 heavy (non-hydrogen) atoms. The lowest BCUT2D eigenvalue weighted by atomic mass is 10.0. The quantitative estimate of drug-likeness (QED) is 0.712. The highest BCUT2D eigenvalue weighted by atomic mass is 32.2. The van der Waals surface area contributed by atoms with Crippen molar-refractivity contribution in [1.82, 2.24) is 9.62 Å². The maximum atomic E-state index is 13.0. The van der Waals surface area contributed by atoms with Crippen LogP contribution in [0.2, 0.25) is 0 Å². The van der Waals surface area contributed by atoms with Gasteiger partial charge >= 0.3 is 0 Å². The number of rotatable bonds is 8. The summed E-state index contributed by atoms with van der Waals surface area (Å²) < 4.78 is 33.1. The van der Waals surface area contributed by atoms with E-state index in [0.29, 0.717) is 24.6 Å². The van der Waals surface area contributed by atoms with E-state index in [0.717, 1.165) is 19.3 Å². The Balaban J connectivity index is 2.07. The van der Waals surface area contributed by atoms with Crippen LogP contribution in [0.1, 0.15) is 64.2 Å². The zero-order valence-corrected chi connectivity index (χ0v) is 18.5. The van der Waals surface area contributed by atoms with Crippen molar-refractivity contribution in [3.63, 3.8) is 0 Å². The molecular weight excluding hydrogens is 376 g/mol. The molecule has 158 valence electrons. The van der Waals surface area contributed by atoms with Crippen LogP contribution < -0.4 is 5.32 Å². The third-order valence-electron chi connectivity index (χ3n) is 4.92. The van der Waals surface area contributed by atoms with Crippen LogP contribution in [0.4, 0.5) is 0 Å². The fourth-order valence-electron chi connectivity index (χ4n) is 3.49. The first-order chi connectivity index (χ1) is 13.1. The highest BCUT2D eigenvalue weighted by Crippen LogP contribution is 2.22. The molecule has 0 aromatic heterocycles. The van der Waals surface area contributed by atoms with Gasteiger partial charge in [-0.05, 0) is 51.3 Å². The lowest BCUT2D eigenvalue weighted by Crippen LogP contribution is -2.48. The molecule has 1 aliphatic rings. The Labute approximate surface area is 169 Å². The molecule has 0 aliphatic carbocycles. The summed E-state index contributed by atoms with van der Waals surface area (Å²) in [5, 5.41) is 2.97. The minimum Gasteiger partial charge on any atom is -0.373 e. The van der Waals surface area contributed by atoms with Crippen LogP contribution in [0.3, 0.4) is 0 Å². The molecule has 0 unspecified atom stereocenters. The molecule has 7 heteroatoms. The van der Waals surface area contributed by atoms with Crippen molar-refractivity contribution in [3.8, 4) is 0 Å². The standard InChI is InChI=1S/C21H34N2O4S/c1-15(2)8-6-9-16(3)22-21(24)19-10-7-11-20(12-19)28(25,26)23-13-17(4)27-18(5)14-23/h7,10-12,15-18H,6,8-9,13-14H2,1-5H3,(H,22,24)/t16-,17-,18-/m0/s1. The normalized spacial score (nSPS) is 22.2. The van der Waals surface area contributed by atoms with E-state index in [2.05, 4.69) is 19.2 Å². The summed E-state index contributed by atoms with van der Waals surface area (Å²) in [6.45, 7) is 10.7. The van der Waals surface area contributed by atoms with Gasteiger partial charge in [-0.2, -0.15) is 4.31 Å². The number of nitrogens with zero attached hydrogens (tertiary/aromatic N) is 1. The van der Waals surface area contributed by atoms with Gasteiger partial charge in [-0.25, -0.2) is 8.42 Å². The Morgan fingerprint density at radius 2 is 1.82 bits per heavy atom. The van der Waals surface area contributed by atoms with Gasteiger partial charge in [-0.3, -0.25) is 4.79 Å². The van der Waals surface area contributed by atoms with E-state index in [-0.39, 0.29) is 29.1 Å². The highest BCUT2D eigenvalue weighted by molar-refractivity contribution is 7.89. The van der Waals surface area contributed by atoms with Crippen LogP contribution in [0.25, 0.3) is 0 Å². The summed E-state index contributed by atoms with van der Waals surface area (Å²) in [6.07, 6.45) is 2.78. The fourth-order valence-corrected chi connectivity index (χ4v) is 5.12. The van der Waals surface area contributed by atoms with Crippen molar-refractivity contribution in [2.24, 2.45) is 5.92 Å². The molecule has 0 spiro atoms. The van der Waals surface area contributed by atoms with Gasteiger partial charge in [-0.1, -0.05) is 32.8 Å². The van der Waals surface area contributed by atoms with Gasteiger partial charge in [0.05, 0.1) is 17.1 Å². The second-order valence-corrected chi connectivity index (χ2v) is 10.2. The van der Waals surface area contributed by atoms with Gasteiger partial charge in [-0.15, -0.1) is 0 Å². The highest BCUT2D eigenvalue weighted by Gasteiger charge is 2.32. The lowest BCUT2D eigenvalue weighted by molar-refractivity contribution is -0.0440. The van der Waals surface area contributed by atoms with Crippen molar-refractivity contribution in [2.75, 3.05) is 13.1 Å². The monoisotopic (exact) mass is 410 g/mol. The van der Waals surface area contributed by atoms with Gasteiger partial charge < -0.3 is 10.1 Å². The SMILES string of the molecule is CC(C)CCC[C@H](C)NC(=O)c1cccc(S(=O)(=O)N2C[C@H](C)O[C@@H](C)C2)c1. The zero-order valence-electron chi connectivity index (χ0n) is 17.6. The molecule has 1 fully saturated rings. The Morgan fingerprint density at radius 1 is 1.18 bits per heavy atom. The van der Waals surface area contributed by atoms with Crippen molar-refractivity contribution >= 4 is 15.9 Å². The van der Waals surface area contributed by atoms with Gasteiger partial charge in [0, 0.05) is 24.7 Å². The smallest absolute Gasteiger partial charge is 0.251 e. The second-order valence-electron chi connectivity index (χ2n) is 8.31. The Bertz CT molecular complexity index is 753. The number of benzene rings is 1. The zero-order chi connectivity index (χ0) is 20.9. The Morgan fingerprint density at radius 3 is 2.43 bits per heavy atom. The van der Waals surface area contributed by atoms with Crippen LogP contribution in [0.15, 0.2) is 29.2 Å². The predicted octanol–water partition coefficient (Wildman–Crippen LogP) is 3.43. The van der Waals surface area contributed by atoms with Crippen LogP contribution in [0.5, 0.6) is 0 Å². The molecule has 2 rings (SSSR count). The largest absolute Gasteiger partial charge is 0.373 e. The van der Waals surface area contributed by atoms with Crippen LogP contribution in [-0.4, -0.2) is 50.0 Å². The first kappa shape index (κ1) is 22.8. The molecule has 0 bridgehead atoms. The number of amides is 1. The molecule has 1 aromatic rings. The summed E-state index contributed by atoms with van der Waals surface area (Å²) in [5.41, 5.74) is 0.367. The van der Waals surface area contributed by atoms with Crippen LogP contribution in [-0.2, 0) is 14.8 Å². The molecule has 0 saturated carbocycles. The topological polar surface area (TPSA) is 75.7 Å². The maximum absolute atomic E-state index is 13.0. The van der Waals surface area contributed by atoms with Gasteiger partial charge in [0.2, 0.25) is 10.0 Å². The number of carbonyl (C=O) groups is 1. The molecule has 6 nitrogen and oxygen atoms in total. The second kappa shape index (κ2) is 9.85. The van der Waals surface area contributed by atoms with E-state index in [1.165, 1.54) is 10.4 Å². The van der Waals surface area contributed by atoms with E-state index in [1.54, 1.807) is 18.2 Å². The first-order valence-corrected chi connectivity index (χ1v) is 11.6. The first-order valence-electron chi connectivity index (χ1n) is 10.2. The van der Waals surface area contributed by atoms with E-state index in [4.69, 9.17) is 4.74 Å². The van der Waals surface area contributed by atoms with E-state index in [1.807, 2.05) is 20.8 Å². The molecule has 0 radical (unpaired) electrons. The lowest BCUT2D eigenvalue weighted by Gasteiger charge is -2.34. The fraction of sp³-hybridized carbons (Fsp3) is 0.667. The molecule has 1 heterocycles. The van der Waals surface area contributed by atoms with Crippen molar-refractivity contribution < 1.29 is 17.9 Å². The molecule has 3 atom stereocenters.